The van der Waals surface area contributed by atoms with Gasteiger partial charge in [0.15, 0.2) is 0 Å². The second-order valence-corrected chi connectivity index (χ2v) is 7.41. The first-order chi connectivity index (χ1) is 9.76. The third-order valence-electron chi connectivity index (χ3n) is 4.29. The zero-order chi connectivity index (χ0) is 15.6. The van der Waals surface area contributed by atoms with Crippen LogP contribution in [0.4, 0.5) is 4.79 Å². The van der Waals surface area contributed by atoms with Gasteiger partial charge in [0, 0.05) is 32.1 Å². The average molecular weight is 296 g/mol. The molecule has 1 heterocycles. The summed E-state index contributed by atoms with van der Waals surface area (Å²) in [5.41, 5.74) is -0.468. The SMILES string of the molecule is CC1CCC(C(=O)N2CCN(C(=O)OC(C)(C)C)CC2)C1. The molecule has 1 aliphatic carbocycles. The molecule has 0 aromatic carbocycles. The fourth-order valence-electron chi connectivity index (χ4n) is 3.13. The van der Waals surface area contributed by atoms with Crippen LogP contribution in [0.1, 0.15) is 47.0 Å². The van der Waals surface area contributed by atoms with Crippen molar-refractivity contribution >= 4 is 12.0 Å². The van der Waals surface area contributed by atoms with Crippen molar-refractivity contribution in [3.8, 4) is 0 Å². The van der Waals surface area contributed by atoms with E-state index in [1.807, 2.05) is 25.7 Å². The largest absolute Gasteiger partial charge is 0.444 e. The Labute approximate surface area is 127 Å². The van der Waals surface area contributed by atoms with Crippen LogP contribution in [0.3, 0.4) is 0 Å². The summed E-state index contributed by atoms with van der Waals surface area (Å²) in [7, 11) is 0. The van der Waals surface area contributed by atoms with E-state index < -0.39 is 5.60 Å². The first kappa shape index (κ1) is 16.1. The summed E-state index contributed by atoms with van der Waals surface area (Å²) in [6.45, 7) is 10.2. The van der Waals surface area contributed by atoms with Crippen LogP contribution in [0.2, 0.25) is 0 Å². The Bertz CT molecular complexity index is 395. The summed E-state index contributed by atoms with van der Waals surface area (Å²) < 4.78 is 5.37. The van der Waals surface area contributed by atoms with Gasteiger partial charge >= 0.3 is 6.09 Å². The van der Waals surface area contributed by atoms with Crippen molar-refractivity contribution in [1.82, 2.24) is 9.80 Å². The minimum absolute atomic E-state index is 0.202. The van der Waals surface area contributed by atoms with Crippen LogP contribution in [0.25, 0.3) is 0 Å². The molecule has 0 aromatic rings. The summed E-state index contributed by atoms with van der Waals surface area (Å²) in [5.74, 6) is 1.15. The van der Waals surface area contributed by atoms with E-state index in [9.17, 15) is 9.59 Å². The number of carbonyl (C=O) groups excluding carboxylic acids is 2. The lowest BCUT2D eigenvalue weighted by Crippen LogP contribution is -2.52. The number of hydrogen-bond acceptors (Lipinski definition) is 3. The molecule has 120 valence electrons. The zero-order valence-corrected chi connectivity index (χ0v) is 13.7. The molecule has 5 heteroatoms. The highest BCUT2D eigenvalue weighted by Crippen LogP contribution is 2.31. The van der Waals surface area contributed by atoms with Gasteiger partial charge in [-0.25, -0.2) is 4.79 Å². The molecular weight excluding hydrogens is 268 g/mol. The van der Waals surface area contributed by atoms with Gasteiger partial charge in [0.25, 0.3) is 0 Å². The Balaban J connectivity index is 1.80. The van der Waals surface area contributed by atoms with E-state index in [1.165, 1.54) is 0 Å². The molecule has 0 spiro atoms. The van der Waals surface area contributed by atoms with E-state index in [0.717, 1.165) is 19.3 Å². The maximum atomic E-state index is 12.4. The standard InChI is InChI=1S/C16H28N2O3/c1-12-5-6-13(11-12)14(19)17-7-9-18(10-8-17)15(20)21-16(2,3)4/h12-13H,5-11H2,1-4H3. The molecule has 21 heavy (non-hydrogen) atoms. The molecule has 5 nitrogen and oxygen atoms in total. The van der Waals surface area contributed by atoms with E-state index >= 15 is 0 Å². The van der Waals surface area contributed by atoms with E-state index in [2.05, 4.69) is 6.92 Å². The van der Waals surface area contributed by atoms with Gasteiger partial charge in [0.2, 0.25) is 5.91 Å². The van der Waals surface area contributed by atoms with Gasteiger partial charge in [-0.2, -0.15) is 0 Å². The molecule has 2 unspecified atom stereocenters. The number of ether oxygens (including phenoxy) is 1. The summed E-state index contributed by atoms with van der Waals surface area (Å²) in [6, 6.07) is 0. The van der Waals surface area contributed by atoms with E-state index in [4.69, 9.17) is 4.74 Å². The maximum Gasteiger partial charge on any atom is 0.410 e. The minimum atomic E-state index is -0.468. The molecule has 0 radical (unpaired) electrons. The molecule has 1 saturated heterocycles. The Hall–Kier alpha value is -1.26. The third-order valence-corrected chi connectivity index (χ3v) is 4.29. The molecule has 2 fully saturated rings. The minimum Gasteiger partial charge on any atom is -0.444 e. The van der Waals surface area contributed by atoms with Crippen molar-refractivity contribution < 1.29 is 14.3 Å². The molecule has 0 bridgehead atoms. The number of hydrogen-bond donors (Lipinski definition) is 0. The number of piperazine rings is 1. The van der Waals surface area contributed by atoms with Crippen molar-refractivity contribution in [2.75, 3.05) is 26.2 Å². The smallest absolute Gasteiger partial charge is 0.410 e. The quantitative estimate of drug-likeness (QED) is 0.747. The lowest BCUT2D eigenvalue weighted by atomic mass is 10.0. The van der Waals surface area contributed by atoms with Crippen LogP contribution in [0, 0.1) is 11.8 Å². The van der Waals surface area contributed by atoms with Gasteiger partial charge in [0.1, 0.15) is 5.60 Å². The number of carbonyl (C=O) groups is 2. The van der Waals surface area contributed by atoms with Gasteiger partial charge in [0.05, 0.1) is 0 Å². The van der Waals surface area contributed by atoms with Crippen LogP contribution in [-0.4, -0.2) is 53.6 Å². The third kappa shape index (κ3) is 4.35. The molecule has 2 rings (SSSR count). The average Bonchev–Trinajstić information content (AvgIpc) is 2.83. The second kappa shape index (κ2) is 6.24. The van der Waals surface area contributed by atoms with Gasteiger partial charge in [-0.3, -0.25) is 4.79 Å². The van der Waals surface area contributed by atoms with Crippen LogP contribution in [0.5, 0.6) is 0 Å². The Morgan fingerprint density at radius 3 is 2.05 bits per heavy atom. The van der Waals surface area contributed by atoms with E-state index in [0.29, 0.717) is 32.1 Å². The number of rotatable bonds is 1. The molecule has 1 saturated carbocycles. The van der Waals surface area contributed by atoms with Gasteiger partial charge in [-0.15, -0.1) is 0 Å². The molecule has 2 aliphatic rings. The highest BCUT2D eigenvalue weighted by atomic mass is 16.6. The van der Waals surface area contributed by atoms with Crippen LogP contribution in [-0.2, 0) is 9.53 Å². The van der Waals surface area contributed by atoms with Gasteiger partial charge in [-0.05, 0) is 46.0 Å². The molecule has 0 N–H and O–H groups in total. The van der Waals surface area contributed by atoms with Crippen molar-refractivity contribution in [2.24, 2.45) is 11.8 Å². The molecule has 0 aromatic heterocycles. The monoisotopic (exact) mass is 296 g/mol. The maximum absolute atomic E-state index is 12.4. The number of nitrogens with zero attached hydrogens (tertiary/aromatic N) is 2. The van der Waals surface area contributed by atoms with E-state index in [1.54, 1.807) is 4.90 Å². The van der Waals surface area contributed by atoms with Crippen molar-refractivity contribution in [1.29, 1.82) is 0 Å². The van der Waals surface area contributed by atoms with Crippen molar-refractivity contribution in [2.45, 2.75) is 52.6 Å². The molecular formula is C16H28N2O3. The number of amides is 2. The lowest BCUT2D eigenvalue weighted by molar-refractivity contribution is -0.137. The van der Waals surface area contributed by atoms with Gasteiger partial charge in [-0.1, -0.05) is 6.92 Å². The summed E-state index contributed by atoms with van der Waals surface area (Å²) >= 11 is 0. The predicted octanol–water partition coefficient (Wildman–Crippen LogP) is 2.50. The normalized spacial score (nSPS) is 26.9. The van der Waals surface area contributed by atoms with Crippen LogP contribution < -0.4 is 0 Å². The first-order valence-corrected chi connectivity index (χ1v) is 8.03. The molecule has 1 aliphatic heterocycles. The molecule has 2 amide bonds. The summed E-state index contributed by atoms with van der Waals surface area (Å²) in [4.78, 5) is 28.1. The Morgan fingerprint density at radius 1 is 1.00 bits per heavy atom. The highest BCUT2D eigenvalue weighted by molar-refractivity contribution is 5.79. The molecule has 2 atom stereocenters. The van der Waals surface area contributed by atoms with Crippen molar-refractivity contribution in [3.05, 3.63) is 0 Å². The topological polar surface area (TPSA) is 49.9 Å². The van der Waals surface area contributed by atoms with Crippen molar-refractivity contribution in [3.63, 3.8) is 0 Å². The van der Waals surface area contributed by atoms with Gasteiger partial charge < -0.3 is 14.5 Å². The fraction of sp³-hybridized carbons (Fsp3) is 0.875. The first-order valence-electron chi connectivity index (χ1n) is 8.03. The predicted molar refractivity (Wildman–Crippen MR) is 80.9 cm³/mol. The summed E-state index contributed by atoms with van der Waals surface area (Å²) in [6.07, 6.45) is 2.93. The van der Waals surface area contributed by atoms with E-state index in [-0.39, 0.29) is 17.9 Å². The summed E-state index contributed by atoms with van der Waals surface area (Å²) in [5, 5.41) is 0. The fourth-order valence-corrected chi connectivity index (χ4v) is 3.13. The Kier molecular flexibility index (Phi) is 4.79. The van der Waals surface area contributed by atoms with Crippen LogP contribution in [0.15, 0.2) is 0 Å². The second-order valence-electron chi connectivity index (χ2n) is 7.41. The lowest BCUT2D eigenvalue weighted by Gasteiger charge is -2.36. The Morgan fingerprint density at radius 2 is 1.57 bits per heavy atom. The van der Waals surface area contributed by atoms with Crippen LogP contribution >= 0.6 is 0 Å². The highest BCUT2D eigenvalue weighted by Gasteiger charge is 2.33. The zero-order valence-electron chi connectivity index (χ0n) is 13.7.